The van der Waals surface area contributed by atoms with E-state index in [1.165, 1.54) is 89.9 Å². The first-order valence-electron chi connectivity index (χ1n) is 48.7. The summed E-state index contributed by atoms with van der Waals surface area (Å²) < 4.78 is 31.3. The van der Waals surface area contributed by atoms with Crippen LogP contribution in [-0.4, -0.2) is 15.0 Å². The first-order chi connectivity index (χ1) is 71.4. The van der Waals surface area contributed by atoms with Crippen LogP contribution in [-0.2, 0) is 0 Å². The van der Waals surface area contributed by atoms with Crippen LogP contribution in [0.2, 0.25) is 0 Å². The number of pyridine rings is 3. The normalized spacial score (nSPS) is 11.9. The van der Waals surface area contributed by atoms with Crippen LogP contribution >= 0.6 is 22.7 Å². The summed E-state index contributed by atoms with van der Waals surface area (Å²) in [7, 11) is 0. The summed E-state index contributed by atoms with van der Waals surface area (Å²) in [5, 5.41) is 24.4. The van der Waals surface area contributed by atoms with Gasteiger partial charge in [0.05, 0.1) is 33.6 Å². The van der Waals surface area contributed by atoms with Gasteiger partial charge in [-0.25, -0.2) is 15.0 Å². The van der Waals surface area contributed by atoms with Crippen molar-refractivity contribution in [3.63, 3.8) is 0 Å². The first kappa shape index (κ1) is 82.6. The van der Waals surface area contributed by atoms with E-state index in [1.807, 2.05) is 59.1 Å². The number of fused-ring (bicyclic) bond motifs is 27. The van der Waals surface area contributed by atoms with Gasteiger partial charge in [-0.15, -0.1) is 22.7 Å². The quantitative estimate of drug-likeness (QED) is 0.126. The van der Waals surface area contributed by atoms with Crippen molar-refractivity contribution in [1.82, 2.24) is 15.0 Å². The lowest BCUT2D eigenvalue weighted by atomic mass is 9.88. The Morgan fingerprint density at radius 2 is 0.431 bits per heavy atom. The first-order valence-corrected chi connectivity index (χ1v) is 50.3. The minimum Gasteiger partial charge on any atom is -0.456 e. The van der Waals surface area contributed by atoms with Gasteiger partial charge in [0.1, 0.15) is 44.7 Å². The maximum absolute atomic E-state index is 6.63. The highest BCUT2D eigenvalue weighted by Crippen LogP contribution is 2.54. The van der Waals surface area contributed by atoms with Gasteiger partial charge >= 0.3 is 0 Å². The molecule has 0 fully saturated rings. The maximum atomic E-state index is 6.63. The molecule has 0 spiro atoms. The Labute approximate surface area is 833 Å². The highest BCUT2D eigenvalue weighted by Gasteiger charge is 2.29. The number of nitrogens with zero attached hydrogens (tertiary/aromatic N) is 3. The molecule has 0 N–H and O–H groups in total. The molecule has 7 nitrogen and oxygen atoms in total. The second-order valence-corrected chi connectivity index (χ2v) is 39.3. The average molecular weight is 1870 g/mol. The summed E-state index contributed by atoms with van der Waals surface area (Å²) in [6.07, 6.45) is 0. The van der Waals surface area contributed by atoms with Gasteiger partial charge in [0.25, 0.3) is 0 Å². The van der Waals surface area contributed by atoms with Crippen molar-refractivity contribution >= 4 is 216 Å². The van der Waals surface area contributed by atoms with Crippen LogP contribution in [0.1, 0.15) is 0 Å². The molecule has 31 aromatic rings. The van der Waals surface area contributed by atoms with Crippen molar-refractivity contribution in [2.75, 3.05) is 0 Å². The molecule has 9 heterocycles. The van der Waals surface area contributed by atoms with Crippen LogP contribution in [0.25, 0.3) is 305 Å². The molecule has 0 amide bonds. The second kappa shape index (κ2) is 33.7. The minimum atomic E-state index is 0.853. The molecule has 0 radical (unpaired) electrons. The van der Waals surface area contributed by atoms with Crippen LogP contribution in [0.5, 0.6) is 0 Å². The van der Waals surface area contributed by atoms with Gasteiger partial charge in [-0.2, -0.15) is 0 Å². The standard InChI is InChI=1S/C49H29NO2.2C43H25NOS/c1-2-13-30(14-3-1)49-39-29-44-48(38-21-6-9-25-42(38)52-44)45(47(39)36-19-4-7-23-40(36)50-49)34-18-11-16-32(28-34)31-15-10-17-33(27-31)35-22-12-26-43-46(35)37-20-5-8-24-41(37)51-43;1-2-12-26(13-3-1)42-34-25-37-41(33-18-5-8-22-36(33)45-37)39(40(34)32-17-4-7-21-35(32)44-42)28-15-10-14-27(24-28)29-19-11-20-31-30-16-6-9-23-38(30)46-43(29)31;1-2-11-26(12-3-1)43-34-25-37-42(33-17-5-8-19-36(33)45-37)40(41(34)32-16-4-7-18-35(32)44-43)29-14-10-13-27(23-29)28-21-22-31-30-15-6-9-20-38(30)46-39(31)24-28/h1-29H;2*1-25H. The number of aromatic nitrogens is 3. The molecule has 144 heavy (non-hydrogen) atoms. The molecular weight excluding hydrogens is 1790 g/mol. The third kappa shape index (κ3) is 13.6. The Morgan fingerprint density at radius 1 is 0.146 bits per heavy atom. The third-order valence-corrected chi connectivity index (χ3v) is 31.3. The van der Waals surface area contributed by atoms with Crippen LogP contribution in [0, 0.1) is 0 Å². The molecule has 0 atom stereocenters. The number of hydrogen-bond donors (Lipinski definition) is 0. The van der Waals surface area contributed by atoms with Crippen molar-refractivity contribution < 1.29 is 17.7 Å². The van der Waals surface area contributed by atoms with Gasteiger partial charge in [0.2, 0.25) is 0 Å². The van der Waals surface area contributed by atoms with E-state index >= 15 is 0 Å². The summed E-state index contributed by atoms with van der Waals surface area (Å²) in [6.45, 7) is 0. The number of hydrogen-bond acceptors (Lipinski definition) is 9. The molecule has 0 saturated heterocycles. The molecular formula is C135H79N3O4S2. The van der Waals surface area contributed by atoms with Crippen LogP contribution in [0.4, 0.5) is 0 Å². The summed E-state index contributed by atoms with van der Waals surface area (Å²) >= 11 is 3.73. The van der Waals surface area contributed by atoms with E-state index in [0.717, 1.165) is 215 Å². The van der Waals surface area contributed by atoms with Crippen molar-refractivity contribution in [3.05, 3.63) is 479 Å². The lowest BCUT2D eigenvalue weighted by Crippen LogP contribution is -1.93. The Balaban J connectivity index is 0.000000103. The number of furan rings is 4. The maximum Gasteiger partial charge on any atom is 0.136 e. The largest absolute Gasteiger partial charge is 0.456 e. The predicted octanol–water partition coefficient (Wildman–Crippen LogP) is 39.2. The lowest BCUT2D eigenvalue weighted by molar-refractivity contribution is 0.668. The van der Waals surface area contributed by atoms with E-state index in [0.29, 0.717) is 0 Å². The molecule has 0 bridgehead atoms. The van der Waals surface area contributed by atoms with Gasteiger partial charge in [0.15, 0.2) is 0 Å². The zero-order valence-corrected chi connectivity index (χ0v) is 79.0. The van der Waals surface area contributed by atoms with Gasteiger partial charge in [-0.3, -0.25) is 0 Å². The Hall–Kier alpha value is -18.5. The van der Waals surface area contributed by atoms with Crippen LogP contribution < -0.4 is 0 Å². The van der Waals surface area contributed by atoms with E-state index in [1.54, 1.807) is 0 Å². The molecule has 0 unspecified atom stereocenters. The Kier molecular flexibility index (Phi) is 19.3. The van der Waals surface area contributed by atoms with Crippen molar-refractivity contribution in [1.29, 1.82) is 0 Å². The number of benzene rings is 22. The zero-order chi connectivity index (χ0) is 94.6. The van der Waals surface area contributed by atoms with E-state index < -0.39 is 0 Å². The molecule has 0 aliphatic heterocycles. The summed E-state index contributed by atoms with van der Waals surface area (Å²) in [6, 6.07) is 170. The highest BCUT2D eigenvalue weighted by atomic mass is 32.1. The fourth-order valence-electron chi connectivity index (χ4n) is 22.6. The Morgan fingerprint density at radius 3 is 0.875 bits per heavy atom. The fraction of sp³-hybridized carbons (Fsp3) is 0. The van der Waals surface area contributed by atoms with Crippen LogP contribution in [0.15, 0.2) is 497 Å². The van der Waals surface area contributed by atoms with Gasteiger partial charge < -0.3 is 17.7 Å². The molecule has 0 aliphatic rings. The fourth-order valence-corrected chi connectivity index (χ4v) is 25.0. The molecule has 0 saturated carbocycles. The summed E-state index contributed by atoms with van der Waals surface area (Å²) in [5.74, 6) is 0. The van der Waals surface area contributed by atoms with Crippen molar-refractivity contribution in [2.45, 2.75) is 0 Å². The number of rotatable bonds is 10. The predicted molar refractivity (Wildman–Crippen MR) is 607 cm³/mol. The van der Waals surface area contributed by atoms with Gasteiger partial charge in [-0.05, 0) is 170 Å². The molecule has 9 aromatic heterocycles. The van der Waals surface area contributed by atoms with E-state index in [4.69, 9.17) is 32.6 Å². The smallest absolute Gasteiger partial charge is 0.136 e. The van der Waals surface area contributed by atoms with Gasteiger partial charge in [-0.1, -0.05) is 370 Å². The van der Waals surface area contributed by atoms with Crippen LogP contribution in [0.3, 0.4) is 0 Å². The highest BCUT2D eigenvalue weighted by molar-refractivity contribution is 7.26. The molecule has 0 aliphatic carbocycles. The van der Waals surface area contributed by atoms with E-state index in [-0.39, 0.29) is 0 Å². The molecule has 670 valence electrons. The lowest BCUT2D eigenvalue weighted by Gasteiger charge is -2.16. The zero-order valence-electron chi connectivity index (χ0n) is 77.4. The number of para-hydroxylation sites is 7. The monoisotopic (exact) mass is 1870 g/mol. The van der Waals surface area contributed by atoms with Crippen molar-refractivity contribution in [2.24, 2.45) is 0 Å². The van der Waals surface area contributed by atoms with E-state index in [9.17, 15) is 0 Å². The molecule has 22 aromatic carbocycles. The topological polar surface area (TPSA) is 91.2 Å². The SMILES string of the molecule is c1ccc(-c2nc3ccccc3c3c(-c4cccc(-c5ccc6c(c5)sc5ccccc56)c4)c4c(cc23)oc2ccccc24)cc1.c1ccc(-c2nc3ccccc3c3c(-c4cccc(-c5cccc(-c6cccc7oc8ccccc8c67)c5)c4)c4c(cc23)oc2ccccc24)cc1.c1ccc(-c2nc3ccccc3c3c(-c4cccc(-c5cccc6c5sc5ccccc56)c4)c4c(cc23)oc2ccccc24)cc1. The Bertz CT molecular complexity index is 10700. The summed E-state index contributed by atoms with van der Waals surface area (Å²) in [4.78, 5) is 15.8. The number of thiophene rings is 2. The minimum absolute atomic E-state index is 0.853. The average Bonchev–Trinajstić information content (AvgIpc) is 1.46. The van der Waals surface area contributed by atoms with Crippen molar-refractivity contribution in [3.8, 4) is 112 Å². The van der Waals surface area contributed by atoms with E-state index in [2.05, 4.69) is 443 Å². The molecule has 31 rings (SSSR count). The third-order valence-electron chi connectivity index (χ3n) is 28.9. The summed E-state index contributed by atoms with van der Waals surface area (Å²) in [5.41, 5.74) is 32.5. The van der Waals surface area contributed by atoms with Gasteiger partial charge in [0, 0.05) is 165 Å². The molecule has 9 heteroatoms. The second-order valence-electron chi connectivity index (χ2n) is 37.2.